The number of ether oxygens (including phenoxy) is 2. The average Bonchev–Trinajstić information content (AvgIpc) is 2.85. The van der Waals surface area contributed by atoms with Gasteiger partial charge in [0, 0.05) is 42.3 Å². The van der Waals surface area contributed by atoms with Gasteiger partial charge in [0.15, 0.2) is 0 Å². The molecule has 0 spiro atoms. The third-order valence-electron chi connectivity index (χ3n) is 4.92. The smallest absolute Gasteiger partial charge is 0.255 e. The van der Waals surface area contributed by atoms with Crippen molar-refractivity contribution in [3.63, 3.8) is 0 Å². The lowest BCUT2D eigenvalue weighted by molar-refractivity contribution is 0.0730. The van der Waals surface area contributed by atoms with E-state index in [1.54, 1.807) is 0 Å². The maximum atomic E-state index is 14.2. The van der Waals surface area contributed by atoms with E-state index in [9.17, 15) is 17.6 Å². The number of hydrogen-bond acceptors (Lipinski definition) is 7. The van der Waals surface area contributed by atoms with Crippen LogP contribution in [0.2, 0.25) is 0 Å². The topological polar surface area (TPSA) is 111 Å². The molecule has 1 aliphatic rings. The number of carbonyl (C=O) groups is 1. The summed E-state index contributed by atoms with van der Waals surface area (Å²) in [5.41, 5.74) is 0.703. The van der Waals surface area contributed by atoms with Crippen LogP contribution in [0.25, 0.3) is 0 Å². The van der Waals surface area contributed by atoms with E-state index >= 15 is 0 Å². The Morgan fingerprint density at radius 3 is 2.73 bits per heavy atom. The van der Waals surface area contributed by atoms with Gasteiger partial charge in [0.2, 0.25) is 15.9 Å². The Balaban J connectivity index is 1.47. The molecule has 1 N–H and O–H groups in total. The summed E-state index contributed by atoms with van der Waals surface area (Å²) in [5.74, 6) is -0.790. The van der Waals surface area contributed by atoms with Crippen LogP contribution in [0.5, 0.6) is 5.88 Å². The number of carbonyl (C=O) groups excluding carboxylic acids is 1. The number of rotatable bonds is 7. The lowest BCUT2D eigenvalue weighted by atomic mass is 10.1. The molecular formula is C22H21FN4O5S. The quantitative estimate of drug-likeness (QED) is 0.562. The monoisotopic (exact) mass is 472 g/mol. The molecule has 1 aliphatic heterocycles. The summed E-state index contributed by atoms with van der Waals surface area (Å²) < 4.78 is 51.9. The average molecular weight is 472 g/mol. The highest BCUT2D eigenvalue weighted by Gasteiger charge is 2.27. The minimum atomic E-state index is -3.74. The number of benzene rings is 2. The van der Waals surface area contributed by atoms with Gasteiger partial charge in [-0.15, -0.1) is 0 Å². The van der Waals surface area contributed by atoms with Crippen molar-refractivity contribution in [3.05, 3.63) is 78.0 Å². The van der Waals surface area contributed by atoms with E-state index in [0.29, 0.717) is 18.9 Å². The first-order valence-corrected chi connectivity index (χ1v) is 11.5. The Kier molecular flexibility index (Phi) is 6.92. The summed E-state index contributed by atoms with van der Waals surface area (Å²) >= 11 is 0. The summed E-state index contributed by atoms with van der Waals surface area (Å²) in [7, 11) is -3.74. The van der Waals surface area contributed by atoms with Crippen LogP contribution in [-0.4, -0.2) is 54.9 Å². The molecule has 0 saturated carbocycles. The largest absolute Gasteiger partial charge is 0.472 e. The summed E-state index contributed by atoms with van der Waals surface area (Å²) in [5, 5.41) is 2.66. The Labute approximate surface area is 190 Å². The number of nitrogens with one attached hydrogen (secondary N) is 1. The van der Waals surface area contributed by atoms with Crippen LogP contribution in [0, 0.1) is 5.82 Å². The van der Waals surface area contributed by atoms with Crippen LogP contribution in [0.15, 0.2) is 66.0 Å². The number of nitrogens with zero attached hydrogens (tertiary/aromatic N) is 3. The molecular weight excluding hydrogens is 451 g/mol. The van der Waals surface area contributed by atoms with Crippen molar-refractivity contribution in [2.45, 2.75) is 11.5 Å². The summed E-state index contributed by atoms with van der Waals surface area (Å²) in [4.78, 5) is 20.6. The maximum absolute atomic E-state index is 14.2. The van der Waals surface area contributed by atoms with Crippen LogP contribution in [0.3, 0.4) is 0 Å². The highest BCUT2D eigenvalue weighted by Crippen LogP contribution is 2.21. The molecule has 172 valence electrons. The van der Waals surface area contributed by atoms with E-state index in [4.69, 9.17) is 9.47 Å². The number of anilines is 1. The van der Waals surface area contributed by atoms with Crippen molar-refractivity contribution in [1.82, 2.24) is 14.3 Å². The highest BCUT2D eigenvalue weighted by atomic mass is 32.2. The second-order valence-corrected chi connectivity index (χ2v) is 9.07. The molecule has 1 aromatic heterocycles. The predicted molar refractivity (Wildman–Crippen MR) is 117 cm³/mol. The molecule has 0 unspecified atom stereocenters. The van der Waals surface area contributed by atoms with Crippen molar-refractivity contribution < 1.29 is 27.1 Å². The van der Waals surface area contributed by atoms with E-state index in [1.807, 2.05) is 0 Å². The van der Waals surface area contributed by atoms with Crippen molar-refractivity contribution >= 4 is 21.6 Å². The Bertz CT molecular complexity index is 1230. The van der Waals surface area contributed by atoms with Gasteiger partial charge in [0.25, 0.3) is 5.91 Å². The van der Waals surface area contributed by atoms with Gasteiger partial charge in [-0.05, 0) is 36.4 Å². The zero-order valence-corrected chi connectivity index (χ0v) is 18.3. The summed E-state index contributed by atoms with van der Waals surface area (Å²) in [6.07, 6.45) is 4.35. The first-order valence-electron chi connectivity index (χ1n) is 10.1. The van der Waals surface area contributed by atoms with Gasteiger partial charge in [-0.25, -0.2) is 17.8 Å². The van der Waals surface area contributed by atoms with Crippen molar-refractivity contribution in [2.75, 3.05) is 31.6 Å². The third-order valence-corrected chi connectivity index (χ3v) is 6.82. The zero-order chi connectivity index (χ0) is 23.3. The number of amides is 1. The molecule has 0 bridgehead atoms. The van der Waals surface area contributed by atoms with Gasteiger partial charge in [0.05, 0.1) is 24.3 Å². The normalized spacial score (nSPS) is 14.6. The molecule has 3 aromatic rings. The molecule has 1 amide bonds. The van der Waals surface area contributed by atoms with Crippen LogP contribution >= 0.6 is 0 Å². The van der Waals surface area contributed by atoms with E-state index in [1.165, 1.54) is 65.4 Å². The van der Waals surface area contributed by atoms with Crippen LogP contribution in [0.1, 0.15) is 15.9 Å². The molecule has 1 saturated heterocycles. The fourth-order valence-electron chi connectivity index (χ4n) is 3.21. The van der Waals surface area contributed by atoms with E-state index in [0.717, 1.165) is 0 Å². The molecule has 11 heteroatoms. The number of morpholine rings is 1. The molecule has 0 aliphatic carbocycles. The number of halogens is 1. The standard InChI is InChI=1S/C22H21FN4O5S/c23-20-5-4-18(12-17(20)15-32-21-14-24-6-7-25-21)26-22(28)16-2-1-3-19(13-16)33(29,30)27-8-10-31-11-9-27/h1-7,12-14H,8-11,15H2,(H,26,28). The predicted octanol–water partition coefficient (Wildman–Crippen LogP) is 2.47. The molecule has 1 fully saturated rings. The van der Waals surface area contributed by atoms with Gasteiger partial charge in [0.1, 0.15) is 12.4 Å². The molecule has 0 radical (unpaired) electrons. The second kappa shape index (κ2) is 10.0. The van der Waals surface area contributed by atoms with E-state index in [2.05, 4.69) is 15.3 Å². The molecule has 4 rings (SSSR count). The Hall–Kier alpha value is -3.41. The fraction of sp³-hybridized carbons (Fsp3) is 0.227. The minimum Gasteiger partial charge on any atom is -0.472 e. The maximum Gasteiger partial charge on any atom is 0.255 e. The van der Waals surface area contributed by atoms with E-state index in [-0.39, 0.29) is 41.6 Å². The van der Waals surface area contributed by atoms with Crippen molar-refractivity contribution in [2.24, 2.45) is 0 Å². The van der Waals surface area contributed by atoms with Crippen LogP contribution in [0.4, 0.5) is 10.1 Å². The molecule has 2 aromatic carbocycles. The SMILES string of the molecule is O=C(Nc1ccc(F)c(COc2cnccn2)c1)c1cccc(S(=O)(=O)N2CCOCC2)c1. The van der Waals surface area contributed by atoms with Gasteiger partial charge < -0.3 is 14.8 Å². The third kappa shape index (κ3) is 5.51. The van der Waals surface area contributed by atoms with Gasteiger partial charge >= 0.3 is 0 Å². The number of hydrogen-bond donors (Lipinski definition) is 1. The van der Waals surface area contributed by atoms with Gasteiger partial charge in [-0.3, -0.25) is 9.78 Å². The van der Waals surface area contributed by atoms with E-state index < -0.39 is 21.7 Å². The lowest BCUT2D eigenvalue weighted by Gasteiger charge is -2.26. The zero-order valence-electron chi connectivity index (χ0n) is 17.5. The van der Waals surface area contributed by atoms with Crippen LogP contribution < -0.4 is 10.1 Å². The van der Waals surface area contributed by atoms with Crippen molar-refractivity contribution in [3.8, 4) is 5.88 Å². The van der Waals surface area contributed by atoms with Crippen LogP contribution in [-0.2, 0) is 21.4 Å². The number of aromatic nitrogens is 2. The van der Waals surface area contributed by atoms with Gasteiger partial charge in [-0.1, -0.05) is 6.07 Å². The number of sulfonamides is 1. The summed E-state index contributed by atoms with van der Waals surface area (Å²) in [6, 6.07) is 9.85. The lowest BCUT2D eigenvalue weighted by Crippen LogP contribution is -2.40. The van der Waals surface area contributed by atoms with Gasteiger partial charge in [-0.2, -0.15) is 4.31 Å². The highest BCUT2D eigenvalue weighted by molar-refractivity contribution is 7.89. The molecule has 0 atom stereocenters. The molecule has 33 heavy (non-hydrogen) atoms. The Morgan fingerprint density at radius 1 is 1.15 bits per heavy atom. The Morgan fingerprint density at radius 2 is 1.97 bits per heavy atom. The minimum absolute atomic E-state index is 0.0224. The summed E-state index contributed by atoms with van der Waals surface area (Å²) in [6.45, 7) is 1.06. The molecule has 9 nitrogen and oxygen atoms in total. The fourth-order valence-corrected chi connectivity index (χ4v) is 4.67. The second-order valence-electron chi connectivity index (χ2n) is 7.14. The first-order chi connectivity index (χ1) is 15.9. The molecule has 2 heterocycles. The first kappa shape index (κ1) is 22.8. The van der Waals surface area contributed by atoms with Crippen molar-refractivity contribution in [1.29, 1.82) is 0 Å².